The lowest BCUT2D eigenvalue weighted by Gasteiger charge is -2.35. The Bertz CT molecular complexity index is 370. The largest absolute Gasteiger partial charge is 0.328 e. The Balaban J connectivity index is 1.96. The SMILES string of the molecule is CCN(Cc1cncc(C)c1)C1CCC(N)CC1. The van der Waals surface area contributed by atoms with E-state index in [1.54, 1.807) is 0 Å². The van der Waals surface area contributed by atoms with Gasteiger partial charge < -0.3 is 5.73 Å². The van der Waals surface area contributed by atoms with Crippen molar-refractivity contribution < 1.29 is 0 Å². The van der Waals surface area contributed by atoms with E-state index in [1.807, 2.05) is 12.4 Å². The van der Waals surface area contributed by atoms with E-state index in [4.69, 9.17) is 5.73 Å². The number of aromatic nitrogens is 1. The summed E-state index contributed by atoms with van der Waals surface area (Å²) < 4.78 is 0. The van der Waals surface area contributed by atoms with E-state index in [9.17, 15) is 0 Å². The molecule has 18 heavy (non-hydrogen) atoms. The Morgan fingerprint density at radius 2 is 2.00 bits per heavy atom. The third-order valence-electron chi connectivity index (χ3n) is 3.98. The molecule has 0 spiro atoms. The molecule has 1 fully saturated rings. The zero-order valence-corrected chi connectivity index (χ0v) is 11.6. The van der Waals surface area contributed by atoms with Crippen molar-refractivity contribution in [2.75, 3.05) is 6.54 Å². The van der Waals surface area contributed by atoms with Gasteiger partial charge in [0.1, 0.15) is 0 Å². The van der Waals surface area contributed by atoms with Gasteiger partial charge in [0.05, 0.1) is 0 Å². The van der Waals surface area contributed by atoms with E-state index in [0.29, 0.717) is 12.1 Å². The monoisotopic (exact) mass is 247 g/mol. The van der Waals surface area contributed by atoms with Crippen LogP contribution in [0.4, 0.5) is 0 Å². The van der Waals surface area contributed by atoms with Crippen molar-refractivity contribution >= 4 is 0 Å². The van der Waals surface area contributed by atoms with Gasteiger partial charge in [0.2, 0.25) is 0 Å². The van der Waals surface area contributed by atoms with Crippen molar-refractivity contribution in [2.24, 2.45) is 5.73 Å². The maximum Gasteiger partial charge on any atom is 0.0313 e. The van der Waals surface area contributed by atoms with E-state index >= 15 is 0 Å². The molecule has 1 aromatic heterocycles. The first-order chi connectivity index (χ1) is 8.69. The van der Waals surface area contributed by atoms with Crippen molar-refractivity contribution in [1.29, 1.82) is 0 Å². The van der Waals surface area contributed by atoms with Crippen LogP contribution in [0.15, 0.2) is 18.5 Å². The predicted molar refractivity (Wildman–Crippen MR) is 75.3 cm³/mol. The Hall–Kier alpha value is -0.930. The van der Waals surface area contributed by atoms with E-state index in [1.165, 1.54) is 36.8 Å². The van der Waals surface area contributed by atoms with Gasteiger partial charge in [-0.25, -0.2) is 0 Å². The highest BCUT2D eigenvalue weighted by molar-refractivity contribution is 5.16. The number of hydrogen-bond acceptors (Lipinski definition) is 3. The van der Waals surface area contributed by atoms with Crippen LogP contribution in [0.3, 0.4) is 0 Å². The molecule has 0 atom stereocenters. The molecular formula is C15H25N3. The molecule has 1 aliphatic rings. The van der Waals surface area contributed by atoms with Crippen LogP contribution in [0.25, 0.3) is 0 Å². The Morgan fingerprint density at radius 1 is 1.28 bits per heavy atom. The average molecular weight is 247 g/mol. The molecule has 0 saturated heterocycles. The van der Waals surface area contributed by atoms with Crippen molar-refractivity contribution in [3.05, 3.63) is 29.6 Å². The first kappa shape index (κ1) is 13.5. The fourth-order valence-corrected chi connectivity index (χ4v) is 2.90. The Kier molecular flexibility index (Phi) is 4.72. The van der Waals surface area contributed by atoms with Crippen LogP contribution < -0.4 is 5.73 Å². The van der Waals surface area contributed by atoms with Gasteiger partial charge in [-0.05, 0) is 50.3 Å². The van der Waals surface area contributed by atoms with Crippen LogP contribution in [0, 0.1) is 6.92 Å². The van der Waals surface area contributed by atoms with Gasteiger partial charge >= 0.3 is 0 Å². The van der Waals surface area contributed by atoms with Crippen molar-refractivity contribution in [3.63, 3.8) is 0 Å². The van der Waals surface area contributed by atoms with E-state index < -0.39 is 0 Å². The van der Waals surface area contributed by atoms with Gasteiger partial charge in [0.15, 0.2) is 0 Å². The zero-order chi connectivity index (χ0) is 13.0. The molecule has 0 unspecified atom stereocenters. The first-order valence-electron chi connectivity index (χ1n) is 7.09. The van der Waals surface area contributed by atoms with Gasteiger partial charge in [0.25, 0.3) is 0 Å². The predicted octanol–water partition coefficient (Wildman–Crippen LogP) is 2.48. The fraction of sp³-hybridized carbons (Fsp3) is 0.667. The average Bonchev–Trinajstić information content (AvgIpc) is 2.37. The molecule has 0 aliphatic heterocycles. The van der Waals surface area contributed by atoms with Crippen molar-refractivity contribution in [1.82, 2.24) is 9.88 Å². The number of nitrogens with two attached hydrogens (primary N) is 1. The molecule has 0 aromatic carbocycles. The minimum atomic E-state index is 0.431. The number of hydrogen-bond donors (Lipinski definition) is 1. The lowest BCUT2D eigenvalue weighted by atomic mass is 9.90. The molecule has 1 aliphatic carbocycles. The van der Waals surface area contributed by atoms with E-state index in [-0.39, 0.29) is 0 Å². The second-order valence-corrected chi connectivity index (χ2v) is 5.50. The zero-order valence-electron chi connectivity index (χ0n) is 11.6. The molecule has 100 valence electrons. The number of nitrogens with zero attached hydrogens (tertiary/aromatic N) is 2. The third kappa shape index (κ3) is 3.53. The highest BCUT2D eigenvalue weighted by Crippen LogP contribution is 2.23. The van der Waals surface area contributed by atoms with Gasteiger partial charge in [-0.2, -0.15) is 0 Å². The van der Waals surface area contributed by atoms with Crippen LogP contribution in [-0.4, -0.2) is 28.5 Å². The first-order valence-corrected chi connectivity index (χ1v) is 7.09. The summed E-state index contributed by atoms with van der Waals surface area (Å²) in [5, 5.41) is 0. The summed E-state index contributed by atoms with van der Waals surface area (Å²) in [4.78, 5) is 6.85. The van der Waals surface area contributed by atoms with Gasteiger partial charge in [-0.1, -0.05) is 13.0 Å². The van der Waals surface area contributed by atoms with E-state index in [0.717, 1.165) is 13.1 Å². The van der Waals surface area contributed by atoms with Crippen LogP contribution >= 0.6 is 0 Å². The quantitative estimate of drug-likeness (QED) is 0.889. The molecule has 1 heterocycles. The maximum atomic E-state index is 5.98. The highest BCUT2D eigenvalue weighted by atomic mass is 15.1. The Labute approximate surface area is 110 Å². The lowest BCUT2D eigenvalue weighted by molar-refractivity contribution is 0.149. The number of rotatable bonds is 4. The van der Waals surface area contributed by atoms with Crippen LogP contribution in [0.2, 0.25) is 0 Å². The van der Waals surface area contributed by atoms with Gasteiger partial charge in [-0.15, -0.1) is 0 Å². The summed E-state index contributed by atoms with van der Waals surface area (Å²) >= 11 is 0. The van der Waals surface area contributed by atoms with Crippen LogP contribution in [0.1, 0.15) is 43.7 Å². The summed E-state index contributed by atoms with van der Waals surface area (Å²) in [5.41, 5.74) is 8.55. The summed E-state index contributed by atoms with van der Waals surface area (Å²) in [6.07, 6.45) is 8.74. The second-order valence-electron chi connectivity index (χ2n) is 5.50. The van der Waals surface area contributed by atoms with Gasteiger partial charge in [-0.3, -0.25) is 9.88 Å². The highest BCUT2D eigenvalue weighted by Gasteiger charge is 2.23. The topological polar surface area (TPSA) is 42.2 Å². The molecule has 0 radical (unpaired) electrons. The standard InChI is InChI=1S/C15H25N3/c1-3-18(15-6-4-14(16)5-7-15)11-13-8-12(2)9-17-10-13/h8-10,14-15H,3-7,11,16H2,1-2H3. The summed E-state index contributed by atoms with van der Waals surface area (Å²) in [5.74, 6) is 0. The molecule has 3 nitrogen and oxygen atoms in total. The minimum Gasteiger partial charge on any atom is -0.328 e. The molecule has 1 aromatic rings. The normalized spacial score (nSPS) is 24.4. The smallest absolute Gasteiger partial charge is 0.0313 e. The summed E-state index contributed by atoms with van der Waals surface area (Å²) in [6, 6.07) is 3.38. The Morgan fingerprint density at radius 3 is 2.61 bits per heavy atom. The minimum absolute atomic E-state index is 0.431. The molecule has 2 rings (SSSR count). The maximum absolute atomic E-state index is 5.98. The molecule has 0 bridgehead atoms. The van der Waals surface area contributed by atoms with Crippen LogP contribution in [-0.2, 0) is 6.54 Å². The molecule has 1 saturated carbocycles. The molecule has 3 heteroatoms. The second kappa shape index (κ2) is 6.30. The summed E-state index contributed by atoms with van der Waals surface area (Å²) in [6.45, 7) is 6.48. The third-order valence-corrected chi connectivity index (χ3v) is 3.98. The van der Waals surface area contributed by atoms with Crippen molar-refractivity contribution in [3.8, 4) is 0 Å². The van der Waals surface area contributed by atoms with E-state index in [2.05, 4.69) is 29.8 Å². The fourth-order valence-electron chi connectivity index (χ4n) is 2.90. The number of pyridine rings is 1. The lowest BCUT2D eigenvalue weighted by Crippen LogP contribution is -2.40. The van der Waals surface area contributed by atoms with Crippen molar-refractivity contribution in [2.45, 2.75) is 58.2 Å². The van der Waals surface area contributed by atoms with Crippen LogP contribution in [0.5, 0.6) is 0 Å². The van der Waals surface area contributed by atoms with Gasteiger partial charge in [0, 0.05) is 31.0 Å². The molecular weight excluding hydrogens is 222 g/mol. The number of aryl methyl sites for hydroxylation is 1. The molecule has 2 N–H and O–H groups in total. The summed E-state index contributed by atoms with van der Waals surface area (Å²) in [7, 11) is 0. The molecule has 0 amide bonds.